The molecule has 1 spiro atoms. The molecule has 0 amide bonds. The van der Waals surface area contributed by atoms with E-state index in [1.165, 1.54) is 5.57 Å². The molecule has 5 fully saturated rings. The average Bonchev–Trinajstić information content (AvgIpc) is 3.31. The van der Waals surface area contributed by atoms with Crippen molar-refractivity contribution < 1.29 is 19.1 Å². The molecule has 0 radical (unpaired) electrons. The maximum Gasteiger partial charge on any atom is 0.306 e. The minimum Gasteiger partial charge on any atom is -0.458 e. The van der Waals surface area contributed by atoms with Gasteiger partial charge < -0.3 is 4.74 Å². The molecule has 5 aliphatic carbocycles. The fraction of sp³-hybridized carbons (Fsp3) is 0.750. The Kier molecular flexibility index (Phi) is 3.09. The topological polar surface area (TPSA) is 84.2 Å². The Morgan fingerprint density at radius 2 is 1.93 bits per heavy atom. The highest BCUT2D eigenvalue weighted by molar-refractivity contribution is 6.08. The minimum absolute atomic E-state index is 0.0180. The number of rotatable bonds is 0. The Hall–Kier alpha value is -1.96. The first-order valence-electron chi connectivity index (χ1n) is 11.1. The standard InChI is InChI=1S/C24H27NO4/c1-21-8-5-16(26)19-20(28)13(11-23(19,21)12-25)18-14(21)3-7-22(2)15(18)4-9-24(22)10-6-17(27)29-24/h3,13,15,18-19H,4-11H2,1-2H3. The van der Waals surface area contributed by atoms with Gasteiger partial charge in [0.25, 0.3) is 0 Å². The summed E-state index contributed by atoms with van der Waals surface area (Å²) in [7, 11) is 0. The van der Waals surface area contributed by atoms with Crippen LogP contribution in [-0.4, -0.2) is 23.1 Å². The van der Waals surface area contributed by atoms with Crippen LogP contribution in [0.15, 0.2) is 11.6 Å². The molecule has 2 bridgehead atoms. The molecule has 5 nitrogen and oxygen atoms in total. The van der Waals surface area contributed by atoms with Crippen LogP contribution in [-0.2, 0) is 19.1 Å². The largest absolute Gasteiger partial charge is 0.458 e. The number of ether oxygens (including phenoxy) is 1. The zero-order valence-corrected chi connectivity index (χ0v) is 17.1. The van der Waals surface area contributed by atoms with Gasteiger partial charge in [0.05, 0.1) is 17.4 Å². The highest BCUT2D eigenvalue weighted by Gasteiger charge is 2.76. The van der Waals surface area contributed by atoms with Crippen molar-refractivity contribution in [3.63, 3.8) is 0 Å². The number of allylic oxidation sites excluding steroid dienone is 2. The summed E-state index contributed by atoms with van der Waals surface area (Å²) in [5.41, 5.74) is -0.582. The first-order chi connectivity index (χ1) is 13.7. The van der Waals surface area contributed by atoms with Crippen molar-refractivity contribution in [2.45, 2.75) is 70.8 Å². The van der Waals surface area contributed by atoms with Crippen LogP contribution in [0, 0.1) is 51.2 Å². The number of nitriles is 1. The number of carbonyl (C=O) groups is 3. The van der Waals surface area contributed by atoms with Gasteiger partial charge in [-0.1, -0.05) is 25.5 Å². The van der Waals surface area contributed by atoms with E-state index in [4.69, 9.17) is 4.74 Å². The molecule has 4 saturated carbocycles. The minimum atomic E-state index is -0.865. The number of hydrogen-bond donors (Lipinski definition) is 0. The van der Waals surface area contributed by atoms with Crippen LogP contribution in [0.3, 0.4) is 0 Å². The molecule has 29 heavy (non-hydrogen) atoms. The number of esters is 1. The fourth-order valence-corrected chi connectivity index (χ4v) is 8.89. The lowest BCUT2D eigenvalue weighted by atomic mass is 9.43. The predicted molar refractivity (Wildman–Crippen MR) is 102 cm³/mol. The van der Waals surface area contributed by atoms with Crippen LogP contribution in [0.25, 0.3) is 0 Å². The van der Waals surface area contributed by atoms with Crippen LogP contribution in [0.2, 0.25) is 0 Å². The van der Waals surface area contributed by atoms with Gasteiger partial charge in [-0.05, 0) is 50.4 Å². The molecule has 0 aromatic rings. The van der Waals surface area contributed by atoms with Gasteiger partial charge in [0.1, 0.15) is 17.2 Å². The molecule has 0 aromatic carbocycles. The third-order valence-electron chi connectivity index (χ3n) is 10.4. The lowest BCUT2D eigenvalue weighted by Crippen LogP contribution is -2.56. The lowest BCUT2D eigenvalue weighted by molar-refractivity contribution is -0.161. The van der Waals surface area contributed by atoms with Crippen LogP contribution in [0.4, 0.5) is 0 Å². The first kappa shape index (κ1) is 17.9. The second-order valence-electron chi connectivity index (χ2n) is 10.9. The van der Waals surface area contributed by atoms with E-state index in [1.54, 1.807) is 0 Å². The van der Waals surface area contributed by atoms with Crippen molar-refractivity contribution >= 4 is 17.5 Å². The second-order valence-corrected chi connectivity index (χ2v) is 10.9. The number of carbonyl (C=O) groups excluding carboxylic acids is 3. The number of Topliss-reactive ketones (excluding diaryl/α,β-unsaturated/α-hetero) is 2. The summed E-state index contributed by atoms with van der Waals surface area (Å²) in [5.74, 6) is -0.728. The molecule has 1 saturated heterocycles. The van der Waals surface area contributed by atoms with E-state index in [2.05, 4.69) is 26.0 Å². The van der Waals surface area contributed by atoms with Gasteiger partial charge in [-0.15, -0.1) is 0 Å². The predicted octanol–water partition coefficient (Wildman–Crippen LogP) is 3.52. The highest BCUT2D eigenvalue weighted by Crippen LogP contribution is 2.75. The lowest BCUT2D eigenvalue weighted by Gasteiger charge is -2.58. The average molecular weight is 393 g/mol. The highest BCUT2D eigenvalue weighted by atomic mass is 16.6. The molecule has 1 aliphatic heterocycles. The van der Waals surface area contributed by atoms with Crippen LogP contribution >= 0.6 is 0 Å². The summed E-state index contributed by atoms with van der Waals surface area (Å²) in [4.78, 5) is 38.4. The van der Waals surface area contributed by atoms with Gasteiger partial charge in [0, 0.05) is 29.6 Å². The zero-order valence-electron chi connectivity index (χ0n) is 17.1. The van der Waals surface area contributed by atoms with Gasteiger partial charge in [-0.3, -0.25) is 14.4 Å². The summed E-state index contributed by atoms with van der Waals surface area (Å²) < 4.78 is 5.98. The third kappa shape index (κ3) is 1.67. The van der Waals surface area contributed by atoms with Crippen LogP contribution < -0.4 is 0 Å². The van der Waals surface area contributed by atoms with E-state index in [-0.39, 0.29) is 40.7 Å². The van der Waals surface area contributed by atoms with Gasteiger partial charge in [-0.2, -0.15) is 5.26 Å². The van der Waals surface area contributed by atoms with E-state index in [9.17, 15) is 19.6 Å². The van der Waals surface area contributed by atoms with Crippen molar-refractivity contribution in [3.05, 3.63) is 11.6 Å². The normalized spacial score (nSPS) is 54.7. The van der Waals surface area contributed by atoms with Crippen molar-refractivity contribution in [1.29, 1.82) is 5.26 Å². The second kappa shape index (κ2) is 5.02. The van der Waals surface area contributed by atoms with Gasteiger partial charge >= 0.3 is 5.97 Å². The molecular formula is C24H27NO4. The number of ketones is 2. The molecule has 6 aliphatic rings. The molecule has 0 aromatic heterocycles. The molecule has 0 N–H and O–H groups in total. The molecule has 6 rings (SSSR count). The number of fused-ring (bicyclic) bond motifs is 7. The summed E-state index contributed by atoms with van der Waals surface area (Å²) in [6, 6.07) is 2.52. The molecular weight excluding hydrogens is 366 g/mol. The maximum atomic E-state index is 13.5. The molecule has 8 atom stereocenters. The van der Waals surface area contributed by atoms with E-state index in [0.717, 1.165) is 25.7 Å². The fourth-order valence-electron chi connectivity index (χ4n) is 8.89. The summed E-state index contributed by atoms with van der Waals surface area (Å²) in [6.45, 7) is 4.40. The Morgan fingerprint density at radius 3 is 2.62 bits per heavy atom. The van der Waals surface area contributed by atoms with Crippen LogP contribution in [0.1, 0.15) is 65.2 Å². The van der Waals surface area contributed by atoms with Crippen molar-refractivity contribution in [1.82, 2.24) is 0 Å². The molecule has 8 unspecified atom stereocenters. The van der Waals surface area contributed by atoms with E-state index in [0.29, 0.717) is 25.7 Å². The number of hydrogen-bond acceptors (Lipinski definition) is 5. The van der Waals surface area contributed by atoms with Gasteiger partial charge in [0.15, 0.2) is 0 Å². The molecule has 1 heterocycles. The maximum absolute atomic E-state index is 13.5. The monoisotopic (exact) mass is 393 g/mol. The first-order valence-corrected chi connectivity index (χ1v) is 11.1. The summed E-state index contributed by atoms with van der Waals surface area (Å²) in [6.07, 6.45) is 7.78. The van der Waals surface area contributed by atoms with Crippen LogP contribution in [0.5, 0.6) is 0 Å². The number of nitrogens with zero attached hydrogens (tertiary/aromatic N) is 1. The Balaban J connectivity index is 1.53. The SMILES string of the molecule is CC12CCC(=O)C3C(=O)C(CC31C#N)C1C2=CCC2(C)C1CCC21CCC(=O)O1. The summed E-state index contributed by atoms with van der Waals surface area (Å²) in [5, 5.41) is 10.3. The van der Waals surface area contributed by atoms with Crippen molar-refractivity contribution in [2.75, 3.05) is 0 Å². The quantitative estimate of drug-likeness (QED) is 0.357. The van der Waals surface area contributed by atoms with E-state index < -0.39 is 22.3 Å². The molecule has 5 heteroatoms. The van der Waals surface area contributed by atoms with Gasteiger partial charge in [0.2, 0.25) is 0 Å². The van der Waals surface area contributed by atoms with Crippen molar-refractivity contribution in [3.8, 4) is 6.07 Å². The third-order valence-corrected chi connectivity index (χ3v) is 10.4. The van der Waals surface area contributed by atoms with Gasteiger partial charge in [-0.25, -0.2) is 0 Å². The Bertz CT molecular complexity index is 960. The van der Waals surface area contributed by atoms with Crippen molar-refractivity contribution in [2.24, 2.45) is 39.9 Å². The Labute approximate surface area is 170 Å². The zero-order chi connectivity index (χ0) is 20.4. The molecule has 152 valence electrons. The Morgan fingerprint density at radius 1 is 1.14 bits per heavy atom. The smallest absolute Gasteiger partial charge is 0.306 e. The van der Waals surface area contributed by atoms with E-state index in [1.807, 2.05) is 0 Å². The van der Waals surface area contributed by atoms with E-state index >= 15 is 0 Å². The summed E-state index contributed by atoms with van der Waals surface area (Å²) >= 11 is 0.